The number of halogens is 1. The molecular weight excluding hydrogens is 214 g/mol. The van der Waals surface area contributed by atoms with E-state index in [-0.39, 0.29) is 0 Å². The zero-order valence-electron chi connectivity index (χ0n) is 7.72. The molecule has 2 aromatic rings. The van der Waals surface area contributed by atoms with Gasteiger partial charge in [0.1, 0.15) is 12.1 Å². The number of rotatable bonds is 2. The van der Waals surface area contributed by atoms with Crippen LogP contribution in [0.3, 0.4) is 0 Å². The van der Waals surface area contributed by atoms with Gasteiger partial charge in [0.05, 0.1) is 10.7 Å². The molecule has 76 valence electrons. The van der Waals surface area contributed by atoms with Crippen LogP contribution in [0.25, 0.3) is 0 Å². The van der Waals surface area contributed by atoms with Crippen LogP contribution >= 0.6 is 11.6 Å². The second-order valence-corrected chi connectivity index (χ2v) is 3.24. The van der Waals surface area contributed by atoms with E-state index in [1.54, 1.807) is 30.5 Å². The first-order valence-corrected chi connectivity index (χ1v) is 4.62. The highest BCUT2D eigenvalue weighted by atomic mass is 35.5. The normalized spacial score (nSPS) is 9.93. The van der Waals surface area contributed by atoms with Crippen LogP contribution in [0.1, 0.15) is 0 Å². The van der Waals surface area contributed by atoms with Gasteiger partial charge in [-0.3, -0.25) is 0 Å². The van der Waals surface area contributed by atoms with Gasteiger partial charge in [-0.2, -0.15) is 0 Å². The molecule has 0 atom stereocenters. The summed E-state index contributed by atoms with van der Waals surface area (Å²) in [6.45, 7) is 0. The van der Waals surface area contributed by atoms with Gasteiger partial charge in [0, 0.05) is 18.3 Å². The summed E-state index contributed by atoms with van der Waals surface area (Å²) in [7, 11) is 0. The standard InChI is InChI=1S/C10H8ClN3O/c11-8-5-7(1-2-9(8)12)15-10-3-4-13-6-14-10/h1-6H,12H2. The van der Waals surface area contributed by atoms with Crippen molar-refractivity contribution in [2.24, 2.45) is 0 Å². The van der Waals surface area contributed by atoms with Gasteiger partial charge in [-0.1, -0.05) is 11.6 Å². The topological polar surface area (TPSA) is 61.0 Å². The quantitative estimate of drug-likeness (QED) is 0.792. The first-order chi connectivity index (χ1) is 7.25. The molecule has 0 saturated heterocycles. The Hall–Kier alpha value is -1.81. The Labute approximate surface area is 91.7 Å². The maximum atomic E-state index is 5.84. The van der Waals surface area contributed by atoms with E-state index in [0.29, 0.717) is 22.3 Å². The molecule has 2 rings (SSSR count). The van der Waals surface area contributed by atoms with Crippen molar-refractivity contribution in [2.75, 3.05) is 5.73 Å². The zero-order valence-corrected chi connectivity index (χ0v) is 8.48. The summed E-state index contributed by atoms with van der Waals surface area (Å²) in [5, 5.41) is 0.460. The van der Waals surface area contributed by atoms with Gasteiger partial charge >= 0.3 is 0 Å². The smallest absolute Gasteiger partial charge is 0.222 e. The van der Waals surface area contributed by atoms with Crippen molar-refractivity contribution in [2.45, 2.75) is 0 Å². The van der Waals surface area contributed by atoms with Crippen LogP contribution in [0.15, 0.2) is 36.8 Å². The summed E-state index contributed by atoms with van der Waals surface area (Å²) in [5.74, 6) is 1.05. The van der Waals surface area contributed by atoms with Gasteiger partial charge in [-0.05, 0) is 12.1 Å². The van der Waals surface area contributed by atoms with Gasteiger partial charge in [-0.15, -0.1) is 0 Å². The van der Waals surface area contributed by atoms with E-state index in [1.807, 2.05) is 0 Å². The highest BCUT2D eigenvalue weighted by Gasteiger charge is 2.01. The largest absolute Gasteiger partial charge is 0.439 e. The van der Waals surface area contributed by atoms with E-state index in [0.717, 1.165) is 0 Å². The van der Waals surface area contributed by atoms with Crippen LogP contribution in [-0.4, -0.2) is 9.97 Å². The minimum Gasteiger partial charge on any atom is -0.439 e. The summed E-state index contributed by atoms with van der Waals surface area (Å²) >= 11 is 5.84. The SMILES string of the molecule is Nc1ccc(Oc2ccncn2)cc1Cl. The van der Waals surface area contributed by atoms with Gasteiger partial charge in [0.25, 0.3) is 0 Å². The lowest BCUT2D eigenvalue weighted by molar-refractivity contribution is 0.461. The van der Waals surface area contributed by atoms with E-state index in [2.05, 4.69) is 9.97 Å². The highest BCUT2D eigenvalue weighted by molar-refractivity contribution is 6.33. The lowest BCUT2D eigenvalue weighted by Crippen LogP contribution is -1.90. The Morgan fingerprint density at radius 3 is 2.80 bits per heavy atom. The molecule has 0 radical (unpaired) electrons. The van der Waals surface area contributed by atoms with Crippen LogP contribution in [0.5, 0.6) is 11.6 Å². The van der Waals surface area contributed by atoms with Crippen LogP contribution in [0.4, 0.5) is 5.69 Å². The molecule has 0 bridgehead atoms. The monoisotopic (exact) mass is 221 g/mol. The van der Waals surface area contributed by atoms with E-state index in [1.165, 1.54) is 6.33 Å². The molecule has 0 unspecified atom stereocenters. The van der Waals surface area contributed by atoms with Crippen molar-refractivity contribution in [3.05, 3.63) is 41.8 Å². The second-order valence-electron chi connectivity index (χ2n) is 2.83. The van der Waals surface area contributed by atoms with E-state index in [9.17, 15) is 0 Å². The van der Waals surface area contributed by atoms with Crippen molar-refractivity contribution < 1.29 is 4.74 Å². The summed E-state index contributed by atoms with van der Waals surface area (Å²) in [6.07, 6.45) is 3.01. The predicted octanol–water partition coefficient (Wildman–Crippen LogP) is 2.50. The molecule has 1 aromatic heterocycles. The molecule has 0 amide bonds. The molecule has 0 saturated carbocycles. The summed E-state index contributed by atoms with van der Waals surface area (Å²) in [4.78, 5) is 7.70. The number of benzene rings is 1. The minimum absolute atomic E-state index is 0.460. The molecule has 0 fully saturated rings. The number of hydrogen-bond acceptors (Lipinski definition) is 4. The third kappa shape index (κ3) is 2.35. The fraction of sp³-hybridized carbons (Fsp3) is 0. The van der Waals surface area contributed by atoms with Gasteiger partial charge < -0.3 is 10.5 Å². The van der Waals surface area contributed by atoms with Crippen LogP contribution in [0.2, 0.25) is 5.02 Å². The fourth-order valence-corrected chi connectivity index (χ4v) is 1.20. The first-order valence-electron chi connectivity index (χ1n) is 4.24. The van der Waals surface area contributed by atoms with Crippen molar-refractivity contribution >= 4 is 17.3 Å². The fourth-order valence-electron chi connectivity index (χ4n) is 1.03. The van der Waals surface area contributed by atoms with Gasteiger partial charge in [-0.25, -0.2) is 9.97 Å². The van der Waals surface area contributed by atoms with Gasteiger partial charge in [0.2, 0.25) is 5.88 Å². The Morgan fingerprint density at radius 2 is 2.13 bits per heavy atom. The molecule has 4 nitrogen and oxygen atoms in total. The molecule has 0 aliphatic carbocycles. The van der Waals surface area contributed by atoms with Crippen molar-refractivity contribution in [3.63, 3.8) is 0 Å². The van der Waals surface area contributed by atoms with Crippen molar-refractivity contribution in [1.82, 2.24) is 9.97 Å². The Balaban J connectivity index is 2.22. The molecule has 0 aliphatic heterocycles. The Bertz CT molecular complexity index is 461. The second kappa shape index (κ2) is 4.14. The van der Waals surface area contributed by atoms with E-state index in [4.69, 9.17) is 22.1 Å². The lowest BCUT2D eigenvalue weighted by atomic mass is 10.3. The third-order valence-electron chi connectivity index (χ3n) is 1.75. The van der Waals surface area contributed by atoms with Gasteiger partial charge in [0.15, 0.2) is 0 Å². The average Bonchev–Trinajstić information content (AvgIpc) is 2.25. The number of ether oxygens (including phenoxy) is 1. The molecule has 2 N–H and O–H groups in total. The van der Waals surface area contributed by atoms with E-state index >= 15 is 0 Å². The molecule has 5 heteroatoms. The first kappa shape index (κ1) is 9.73. The Kier molecular flexibility index (Phi) is 2.69. The zero-order chi connectivity index (χ0) is 10.7. The van der Waals surface area contributed by atoms with E-state index < -0.39 is 0 Å². The van der Waals surface area contributed by atoms with Crippen LogP contribution in [-0.2, 0) is 0 Å². The minimum atomic E-state index is 0.460. The predicted molar refractivity (Wildman–Crippen MR) is 58.0 cm³/mol. The van der Waals surface area contributed by atoms with Crippen LogP contribution < -0.4 is 10.5 Å². The Morgan fingerprint density at radius 1 is 1.27 bits per heavy atom. The number of aromatic nitrogens is 2. The molecule has 1 heterocycles. The summed E-state index contributed by atoms with van der Waals surface area (Å²) in [6, 6.07) is 6.70. The summed E-state index contributed by atoms with van der Waals surface area (Å²) < 4.78 is 5.42. The number of nitrogens with zero attached hydrogens (tertiary/aromatic N) is 2. The molecule has 0 spiro atoms. The number of anilines is 1. The molecule has 0 aliphatic rings. The number of nitrogens with two attached hydrogens (primary N) is 1. The maximum absolute atomic E-state index is 5.84. The van der Waals surface area contributed by atoms with Crippen molar-refractivity contribution in [1.29, 1.82) is 0 Å². The number of nitrogen functional groups attached to an aromatic ring is 1. The highest BCUT2D eigenvalue weighted by Crippen LogP contribution is 2.26. The number of hydrogen-bond donors (Lipinski definition) is 1. The molecule has 1 aromatic carbocycles. The maximum Gasteiger partial charge on any atom is 0.222 e. The third-order valence-corrected chi connectivity index (χ3v) is 2.08. The van der Waals surface area contributed by atoms with Crippen molar-refractivity contribution in [3.8, 4) is 11.6 Å². The lowest BCUT2D eigenvalue weighted by Gasteiger charge is -2.05. The van der Waals surface area contributed by atoms with Crippen LogP contribution in [0, 0.1) is 0 Å². The average molecular weight is 222 g/mol. The molecule has 15 heavy (non-hydrogen) atoms. The molecular formula is C10H8ClN3O. The summed E-state index contributed by atoms with van der Waals surface area (Å²) in [5.41, 5.74) is 6.09.